The second kappa shape index (κ2) is 12.7. The fraction of sp³-hybridized carbons (Fsp3) is 0.696. The number of hydrogen-bond donors (Lipinski definition) is 2. The van der Waals surface area contributed by atoms with Gasteiger partial charge in [0.05, 0.1) is 0 Å². The number of guanidine groups is 1. The molecule has 164 valence electrons. The quantitative estimate of drug-likeness (QED) is 0.332. The summed E-state index contributed by atoms with van der Waals surface area (Å²) < 4.78 is 0. The number of halogens is 1. The van der Waals surface area contributed by atoms with Gasteiger partial charge in [-0.1, -0.05) is 42.7 Å². The van der Waals surface area contributed by atoms with Crippen LogP contribution in [0.5, 0.6) is 0 Å². The number of nitrogens with zero attached hydrogens (tertiary/aromatic N) is 3. The molecule has 6 heteroatoms. The van der Waals surface area contributed by atoms with Gasteiger partial charge in [-0.05, 0) is 45.2 Å². The SMILES string of the molecule is CN=C(NCCN(C)C1CCCC1)NC1CCN(Cc2cccc(C)c2)CC1.I. The van der Waals surface area contributed by atoms with E-state index in [4.69, 9.17) is 0 Å². The topological polar surface area (TPSA) is 42.9 Å². The summed E-state index contributed by atoms with van der Waals surface area (Å²) in [7, 11) is 4.14. The molecule has 0 bridgehead atoms. The first-order valence-electron chi connectivity index (χ1n) is 11.1. The van der Waals surface area contributed by atoms with Gasteiger partial charge in [0.25, 0.3) is 0 Å². The van der Waals surface area contributed by atoms with Crippen LogP contribution in [-0.2, 0) is 6.54 Å². The minimum absolute atomic E-state index is 0. The molecule has 0 amide bonds. The van der Waals surface area contributed by atoms with Gasteiger partial charge >= 0.3 is 0 Å². The molecule has 29 heavy (non-hydrogen) atoms. The molecule has 0 aromatic heterocycles. The van der Waals surface area contributed by atoms with E-state index in [1.54, 1.807) is 0 Å². The summed E-state index contributed by atoms with van der Waals surface area (Å²) in [5, 5.41) is 7.15. The zero-order valence-corrected chi connectivity index (χ0v) is 20.8. The third kappa shape index (κ3) is 8.06. The highest BCUT2D eigenvalue weighted by Crippen LogP contribution is 2.21. The number of rotatable bonds is 7. The van der Waals surface area contributed by atoms with Crippen molar-refractivity contribution in [3.8, 4) is 0 Å². The van der Waals surface area contributed by atoms with E-state index >= 15 is 0 Å². The molecule has 1 saturated carbocycles. The smallest absolute Gasteiger partial charge is 0.191 e. The molecule has 2 aliphatic rings. The van der Waals surface area contributed by atoms with Crippen LogP contribution in [0.15, 0.2) is 29.3 Å². The van der Waals surface area contributed by atoms with E-state index < -0.39 is 0 Å². The Hall–Kier alpha value is -0.860. The van der Waals surface area contributed by atoms with E-state index in [-0.39, 0.29) is 24.0 Å². The molecule has 2 fully saturated rings. The fourth-order valence-electron chi connectivity index (χ4n) is 4.57. The van der Waals surface area contributed by atoms with Crippen molar-refractivity contribution < 1.29 is 0 Å². The van der Waals surface area contributed by atoms with E-state index in [0.29, 0.717) is 6.04 Å². The largest absolute Gasteiger partial charge is 0.355 e. The lowest BCUT2D eigenvalue weighted by Gasteiger charge is -2.33. The average molecular weight is 514 g/mol. The molecule has 1 saturated heterocycles. The van der Waals surface area contributed by atoms with Crippen LogP contribution in [0.2, 0.25) is 0 Å². The molecule has 0 unspecified atom stereocenters. The Morgan fingerprint density at radius 3 is 2.55 bits per heavy atom. The van der Waals surface area contributed by atoms with Gasteiger partial charge in [0.2, 0.25) is 0 Å². The van der Waals surface area contributed by atoms with Crippen LogP contribution in [0.1, 0.15) is 49.7 Å². The molecule has 0 radical (unpaired) electrons. The van der Waals surface area contributed by atoms with Gasteiger partial charge in [-0.25, -0.2) is 0 Å². The summed E-state index contributed by atoms with van der Waals surface area (Å²) in [4.78, 5) is 9.52. The third-order valence-corrected chi connectivity index (χ3v) is 6.35. The lowest BCUT2D eigenvalue weighted by Crippen LogP contribution is -2.49. The maximum absolute atomic E-state index is 4.44. The Labute approximate surface area is 194 Å². The Balaban J connectivity index is 0.00000300. The maximum atomic E-state index is 4.44. The summed E-state index contributed by atoms with van der Waals surface area (Å²) in [6.07, 6.45) is 7.88. The first-order valence-corrected chi connectivity index (χ1v) is 11.1. The highest BCUT2D eigenvalue weighted by molar-refractivity contribution is 14.0. The second-order valence-corrected chi connectivity index (χ2v) is 8.60. The van der Waals surface area contributed by atoms with Crippen LogP contribution in [-0.4, -0.2) is 68.1 Å². The number of aliphatic imine (C=N–C) groups is 1. The third-order valence-electron chi connectivity index (χ3n) is 6.35. The number of nitrogens with one attached hydrogen (secondary N) is 2. The molecule has 1 heterocycles. The van der Waals surface area contributed by atoms with Gasteiger partial charge in [0, 0.05) is 51.9 Å². The van der Waals surface area contributed by atoms with Gasteiger partial charge in [-0.2, -0.15) is 0 Å². The first kappa shape index (κ1) is 24.4. The van der Waals surface area contributed by atoms with E-state index in [1.807, 2.05) is 7.05 Å². The summed E-state index contributed by atoms with van der Waals surface area (Å²) in [6, 6.07) is 10.2. The van der Waals surface area contributed by atoms with Crippen LogP contribution < -0.4 is 10.6 Å². The molecular weight excluding hydrogens is 473 g/mol. The first-order chi connectivity index (χ1) is 13.6. The molecule has 1 aliphatic heterocycles. The monoisotopic (exact) mass is 513 g/mol. The van der Waals surface area contributed by atoms with Crippen molar-refractivity contribution in [1.82, 2.24) is 20.4 Å². The van der Waals surface area contributed by atoms with Crippen molar-refractivity contribution >= 4 is 29.9 Å². The second-order valence-electron chi connectivity index (χ2n) is 8.60. The van der Waals surface area contributed by atoms with Gasteiger partial charge < -0.3 is 15.5 Å². The number of likely N-dealkylation sites (tertiary alicyclic amines) is 1. The van der Waals surface area contributed by atoms with Crippen LogP contribution in [0, 0.1) is 6.92 Å². The molecule has 0 spiro atoms. The van der Waals surface area contributed by atoms with Crippen molar-refractivity contribution in [2.45, 2.75) is 64.1 Å². The molecule has 2 N–H and O–H groups in total. The summed E-state index contributed by atoms with van der Waals surface area (Å²) in [5.74, 6) is 0.956. The lowest BCUT2D eigenvalue weighted by molar-refractivity contribution is 0.198. The van der Waals surface area contributed by atoms with Crippen molar-refractivity contribution in [3.05, 3.63) is 35.4 Å². The van der Waals surface area contributed by atoms with Crippen molar-refractivity contribution in [3.63, 3.8) is 0 Å². The van der Waals surface area contributed by atoms with E-state index in [9.17, 15) is 0 Å². The molecule has 1 aromatic carbocycles. The Kier molecular flexibility index (Phi) is 10.7. The minimum atomic E-state index is 0. The number of hydrogen-bond acceptors (Lipinski definition) is 3. The highest BCUT2D eigenvalue weighted by Gasteiger charge is 2.21. The lowest BCUT2D eigenvalue weighted by atomic mass is 10.0. The molecule has 1 aliphatic carbocycles. The average Bonchev–Trinajstić information content (AvgIpc) is 3.23. The summed E-state index contributed by atoms with van der Waals surface area (Å²) >= 11 is 0. The number of piperidine rings is 1. The Bertz CT molecular complexity index is 621. The summed E-state index contributed by atoms with van der Waals surface area (Å²) in [6.45, 7) is 7.57. The molecule has 0 atom stereocenters. The van der Waals surface area contributed by atoms with Gasteiger partial charge in [0.1, 0.15) is 0 Å². The molecular formula is C23H40IN5. The van der Waals surface area contributed by atoms with Crippen LogP contribution >= 0.6 is 24.0 Å². The summed E-state index contributed by atoms with van der Waals surface area (Å²) in [5.41, 5.74) is 2.78. The highest BCUT2D eigenvalue weighted by atomic mass is 127. The van der Waals surface area contributed by atoms with E-state index in [2.05, 4.69) is 63.7 Å². The number of benzene rings is 1. The number of aryl methyl sites for hydroxylation is 1. The maximum Gasteiger partial charge on any atom is 0.191 e. The molecule has 3 rings (SSSR count). The van der Waals surface area contributed by atoms with Crippen LogP contribution in [0.4, 0.5) is 0 Å². The Morgan fingerprint density at radius 2 is 1.90 bits per heavy atom. The fourth-order valence-corrected chi connectivity index (χ4v) is 4.57. The standard InChI is InChI=1S/C23H39N5.HI/c1-19-7-6-8-20(17-19)18-28-14-11-21(12-15-28)26-23(24-2)25-13-16-27(3)22-9-4-5-10-22;/h6-8,17,21-22H,4-5,9-16,18H2,1-3H3,(H2,24,25,26);1H. The van der Waals surface area contributed by atoms with Crippen molar-refractivity contribution in [2.75, 3.05) is 40.3 Å². The van der Waals surface area contributed by atoms with E-state index in [0.717, 1.165) is 44.7 Å². The van der Waals surface area contributed by atoms with Gasteiger partial charge in [0.15, 0.2) is 5.96 Å². The van der Waals surface area contributed by atoms with Crippen molar-refractivity contribution in [2.24, 2.45) is 4.99 Å². The minimum Gasteiger partial charge on any atom is -0.355 e. The molecule has 5 nitrogen and oxygen atoms in total. The van der Waals surface area contributed by atoms with Crippen molar-refractivity contribution in [1.29, 1.82) is 0 Å². The van der Waals surface area contributed by atoms with Gasteiger partial charge in [-0.3, -0.25) is 9.89 Å². The zero-order chi connectivity index (χ0) is 19.8. The predicted octanol–water partition coefficient (Wildman–Crippen LogP) is 3.62. The van der Waals surface area contributed by atoms with E-state index in [1.165, 1.54) is 49.7 Å². The number of likely N-dealkylation sites (N-methyl/N-ethyl adjacent to an activating group) is 1. The molecule has 1 aromatic rings. The van der Waals surface area contributed by atoms with Gasteiger partial charge in [-0.15, -0.1) is 24.0 Å². The predicted molar refractivity (Wildman–Crippen MR) is 134 cm³/mol. The van der Waals surface area contributed by atoms with Crippen LogP contribution in [0.25, 0.3) is 0 Å². The zero-order valence-electron chi connectivity index (χ0n) is 18.5. The Morgan fingerprint density at radius 1 is 1.17 bits per heavy atom. The normalized spacial score (nSPS) is 19.4. The van der Waals surface area contributed by atoms with Crippen LogP contribution in [0.3, 0.4) is 0 Å².